The van der Waals surface area contributed by atoms with Crippen molar-refractivity contribution < 1.29 is 8.42 Å². The number of nitrogens with one attached hydrogen (secondary N) is 1. The minimum atomic E-state index is -3.56. The molecule has 2 unspecified atom stereocenters. The summed E-state index contributed by atoms with van der Waals surface area (Å²) in [5.74, 6) is 0. The average molecular weight is 298 g/mol. The van der Waals surface area contributed by atoms with E-state index in [1.165, 1.54) is 10.5 Å². The first-order valence-electron chi connectivity index (χ1n) is 6.72. The van der Waals surface area contributed by atoms with Crippen molar-refractivity contribution in [2.45, 2.75) is 31.0 Å². The lowest BCUT2D eigenvalue weighted by atomic mass is 10.1. The van der Waals surface area contributed by atoms with Crippen molar-refractivity contribution in [1.82, 2.24) is 14.2 Å². The highest BCUT2D eigenvalue weighted by atomic mass is 32.2. The summed E-state index contributed by atoms with van der Waals surface area (Å²) in [6.07, 6.45) is 1.51. The number of rotatable bonds is 3. The summed E-state index contributed by atoms with van der Waals surface area (Å²) in [4.78, 5) is 6.26. The molecule has 20 heavy (non-hydrogen) atoms. The van der Waals surface area contributed by atoms with Gasteiger partial charge in [0.2, 0.25) is 0 Å². The first-order chi connectivity index (χ1) is 9.37. The zero-order valence-electron chi connectivity index (χ0n) is 12.4. The molecule has 0 radical (unpaired) electrons. The van der Waals surface area contributed by atoms with E-state index in [4.69, 9.17) is 0 Å². The van der Waals surface area contributed by atoms with E-state index in [-0.39, 0.29) is 17.1 Å². The van der Waals surface area contributed by atoms with Crippen LogP contribution >= 0.6 is 0 Å². The first-order valence-corrected chi connectivity index (χ1v) is 8.16. The van der Waals surface area contributed by atoms with Crippen LogP contribution in [-0.2, 0) is 10.0 Å². The summed E-state index contributed by atoms with van der Waals surface area (Å²) in [6, 6.07) is 3.83. The van der Waals surface area contributed by atoms with Crippen LogP contribution in [0.3, 0.4) is 0 Å². The fourth-order valence-electron chi connectivity index (χ4n) is 2.46. The Morgan fingerprint density at radius 3 is 2.45 bits per heavy atom. The van der Waals surface area contributed by atoms with Crippen LogP contribution in [0.4, 0.5) is 5.69 Å². The highest BCUT2D eigenvalue weighted by Crippen LogP contribution is 2.25. The molecule has 0 saturated carbocycles. The lowest BCUT2D eigenvalue weighted by Gasteiger charge is -2.41. The summed E-state index contributed by atoms with van der Waals surface area (Å²) < 4.78 is 27.1. The van der Waals surface area contributed by atoms with E-state index in [9.17, 15) is 8.42 Å². The quantitative estimate of drug-likeness (QED) is 0.895. The maximum Gasteiger partial charge on any atom is 0.262 e. The van der Waals surface area contributed by atoms with Gasteiger partial charge in [-0.1, -0.05) is 0 Å². The Morgan fingerprint density at radius 2 is 1.90 bits per heavy atom. The molecule has 0 spiro atoms. The van der Waals surface area contributed by atoms with Gasteiger partial charge in [0.05, 0.1) is 5.69 Å². The van der Waals surface area contributed by atoms with Crippen molar-refractivity contribution >= 4 is 15.7 Å². The molecule has 2 heterocycles. The highest BCUT2D eigenvalue weighted by molar-refractivity contribution is 7.89. The lowest BCUT2D eigenvalue weighted by Crippen LogP contribution is -2.56. The number of nitrogens with zero attached hydrogens (tertiary/aromatic N) is 3. The summed E-state index contributed by atoms with van der Waals surface area (Å²) in [5, 5.41) is 3.00. The van der Waals surface area contributed by atoms with E-state index in [0.717, 1.165) is 0 Å². The smallest absolute Gasteiger partial charge is 0.262 e. The predicted molar refractivity (Wildman–Crippen MR) is 79.2 cm³/mol. The van der Waals surface area contributed by atoms with Gasteiger partial charge < -0.3 is 5.32 Å². The van der Waals surface area contributed by atoms with Gasteiger partial charge in [0.1, 0.15) is 0 Å². The van der Waals surface area contributed by atoms with Crippen LogP contribution in [0.2, 0.25) is 0 Å². The molecule has 0 bridgehead atoms. The zero-order chi connectivity index (χ0) is 14.9. The molecule has 2 rings (SSSR count). The molecule has 1 aromatic heterocycles. The Morgan fingerprint density at radius 1 is 1.30 bits per heavy atom. The standard InChI is InChI=1S/C13H22N4O2S/c1-10-8-17(9-11(2)16(10)4)20(18,19)13-12(14-3)6-5-7-15-13/h5-7,10-11,14H,8-9H2,1-4H3. The van der Waals surface area contributed by atoms with Crippen LogP contribution in [-0.4, -0.2) is 61.9 Å². The van der Waals surface area contributed by atoms with E-state index in [1.807, 2.05) is 20.9 Å². The second-order valence-electron chi connectivity index (χ2n) is 5.29. The number of aromatic nitrogens is 1. The van der Waals surface area contributed by atoms with E-state index in [1.54, 1.807) is 19.2 Å². The van der Waals surface area contributed by atoms with Crippen molar-refractivity contribution in [3.63, 3.8) is 0 Å². The van der Waals surface area contributed by atoms with Crippen LogP contribution in [0, 0.1) is 0 Å². The van der Waals surface area contributed by atoms with Gasteiger partial charge in [0, 0.05) is 38.4 Å². The number of likely N-dealkylation sites (N-methyl/N-ethyl adjacent to an activating group) is 1. The van der Waals surface area contributed by atoms with Gasteiger partial charge in [0.25, 0.3) is 10.0 Å². The van der Waals surface area contributed by atoms with Crippen LogP contribution in [0.5, 0.6) is 0 Å². The first kappa shape index (κ1) is 15.2. The van der Waals surface area contributed by atoms with Gasteiger partial charge in [-0.15, -0.1) is 0 Å². The Hall–Kier alpha value is -1.18. The molecule has 112 valence electrons. The summed E-state index contributed by atoms with van der Waals surface area (Å²) in [7, 11) is 0.166. The summed E-state index contributed by atoms with van der Waals surface area (Å²) in [6.45, 7) is 5.05. The number of pyridine rings is 1. The largest absolute Gasteiger partial charge is 0.386 e. The summed E-state index contributed by atoms with van der Waals surface area (Å²) in [5.41, 5.74) is 0.534. The molecule has 2 atom stereocenters. The van der Waals surface area contributed by atoms with Crippen LogP contribution in [0.15, 0.2) is 23.4 Å². The van der Waals surface area contributed by atoms with E-state index in [0.29, 0.717) is 18.8 Å². The molecule has 1 saturated heterocycles. The molecule has 6 nitrogen and oxygen atoms in total. The van der Waals surface area contributed by atoms with Crippen LogP contribution in [0.25, 0.3) is 0 Å². The molecule has 1 aliphatic rings. The minimum absolute atomic E-state index is 0.103. The van der Waals surface area contributed by atoms with Crippen molar-refractivity contribution in [1.29, 1.82) is 0 Å². The number of hydrogen-bond acceptors (Lipinski definition) is 5. The van der Waals surface area contributed by atoms with E-state index in [2.05, 4.69) is 15.2 Å². The van der Waals surface area contributed by atoms with Gasteiger partial charge in [-0.3, -0.25) is 4.90 Å². The molecular weight excluding hydrogens is 276 g/mol. The Balaban J connectivity index is 2.36. The molecular formula is C13H22N4O2S. The van der Waals surface area contributed by atoms with Gasteiger partial charge in [-0.05, 0) is 33.0 Å². The second kappa shape index (κ2) is 5.67. The fourth-order valence-corrected chi connectivity index (χ4v) is 4.17. The molecule has 1 fully saturated rings. The highest BCUT2D eigenvalue weighted by Gasteiger charge is 2.36. The van der Waals surface area contributed by atoms with Gasteiger partial charge in [0.15, 0.2) is 5.03 Å². The third-order valence-electron chi connectivity index (χ3n) is 3.95. The zero-order valence-corrected chi connectivity index (χ0v) is 13.2. The van der Waals surface area contributed by atoms with Crippen molar-refractivity contribution in [3.05, 3.63) is 18.3 Å². The Labute approximate surface area is 120 Å². The topological polar surface area (TPSA) is 65.5 Å². The monoisotopic (exact) mass is 298 g/mol. The van der Waals surface area contributed by atoms with E-state index < -0.39 is 10.0 Å². The minimum Gasteiger partial charge on any atom is -0.386 e. The van der Waals surface area contributed by atoms with Gasteiger partial charge in [-0.25, -0.2) is 13.4 Å². The van der Waals surface area contributed by atoms with E-state index >= 15 is 0 Å². The number of piperazine rings is 1. The summed E-state index contributed by atoms with van der Waals surface area (Å²) >= 11 is 0. The second-order valence-corrected chi connectivity index (χ2v) is 7.14. The predicted octanol–water partition coefficient (Wildman–Crippen LogP) is 0.836. The molecule has 1 aliphatic heterocycles. The maximum absolute atomic E-state index is 12.8. The number of anilines is 1. The van der Waals surface area contributed by atoms with Gasteiger partial charge >= 0.3 is 0 Å². The van der Waals surface area contributed by atoms with Crippen LogP contribution in [0.1, 0.15) is 13.8 Å². The van der Waals surface area contributed by atoms with Crippen molar-refractivity contribution in [3.8, 4) is 0 Å². The molecule has 0 aromatic carbocycles. The number of sulfonamides is 1. The van der Waals surface area contributed by atoms with Gasteiger partial charge in [-0.2, -0.15) is 4.31 Å². The fraction of sp³-hybridized carbons (Fsp3) is 0.615. The maximum atomic E-state index is 12.8. The molecule has 7 heteroatoms. The Bertz CT molecular complexity index is 563. The third-order valence-corrected chi connectivity index (χ3v) is 5.74. The van der Waals surface area contributed by atoms with Crippen LogP contribution < -0.4 is 5.32 Å². The average Bonchev–Trinajstić information content (AvgIpc) is 2.44. The van der Waals surface area contributed by atoms with Crippen molar-refractivity contribution in [2.24, 2.45) is 0 Å². The van der Waals surface area contributed by atoms with Crippen molar-refractivity contribution in [2.75, 3.05) is 32.5 Å². The third kappa shape index (κ3) is 2.65. The Kier molecular flexibility index (Phi) is 4.31. The SMILES string of the molecule is CNc1cccnc1S(=O)(=O)N1CC(C)N(C)C(C)C1. The molecule has 0 amide bonds. The lowest BCUT2D eigenvalue weighted by molar-refractivity contribution is 0.105. The number of hydrogen-bond donors (Lipinski definition) is 1. The molecule has 1 N–H and O–H groups in total. The molecule has 1 aromatic rings. The normalized spacial score (nSPS) is 25.6. The molecule has 0 aliphatic carbocycles.